The number of hydrogen-bond donors (Lipinski definition) is 3. The zero-order chi connectivity index (χ0) is 29.9. The van der Waals surface area contributed by atoms with E-state index >= 15 is 0 Å². The summed E-state index contributed by atoms with van der Waals surface area (Å²) < 4.78 is 17.4. The second kappa shape index (κ2) is 12.0. The van der Waals surface area contributed by atoms with E-state index in [1.807, 2.05) is 82.3 Å². The molecule has 0 spiro atoms. The van der Waals surface area contributed by atoms with Crippen molar-refractivity contribution in [1.82, 2.24) is 10.3 Å². The summed E-state index contributed by atoms with van der Waals surface area (Å²) in [7, 11) is 0. The third-order valence-corrected chi connectivity index (χ3v) is 8.20. The van der Waals surface area contributed by atoms with Crippen LogP contribution in [0.4, 0.5) is 10.5 Å². The standard InChI is InChI=1S/C33H39N3O6/c1-5-33(6-2)25-14-10-11-15-27(25)36(31(39)42-33)17-16-32(3,4)34-20-28(37)24-18-23(19-26-29(24)41-30(38)35-26)40-21-22-12-8-7-9-13-22/h7-15,18-19,28,34,37H,5-6,16-17,20-21H2,1-4H3,(H,35,38). The van der Waals surface area contributed by atoms with E-state index in [4.69, 9.17) is 13.9 Å². The molecule has 0 saturated heterocycles. The van der Waals surface area contributed by atoms with Crippen molar-refractivity contribution in [2.45, 2.75) is 70.8 Å². The van der Waals surface area contributed by atoms with Crippen LogP contribution in [0.5, 0.6) is 5.75 Å². The molecule has 222 valence electrons. The maximum Gasteiger partial charge on any atom is 0.417 e. The number of carbonyl (C=O) groups is 1. The van der Waals surface area contributed by atoms with Gasteiger partial charge in [0.25, 0.3) is 0 Å². The molecule has 42 heavy (non-hydrogen) atoms. The van der Waals surface area contributed by atoms with Gasteiger partial charge in [0.15, 0.2) is 5.58 Å². The first kappa shape index (κ1) is 29.4. The molecule has 0 saturated carbocycles. The van der Waals surface area contributed by atoms with Crippen molar-refractivity contribution in [3.63, 3.8) is 0 Å². The predicted octanol–water partition coefficient (Wildman–Crippen LogP) is 6.16. The number of ether oxygens (including phenoxy) is 2. The van der Waals surface area contributed by atoms with Gasteiger partial charge in [-0.3, -0.25) is 9.88 Å². The lowest BCUT2D eigenvalue weighted by molar-refractivity contribution is -0.00134. The van der Waals surface area contributed by atoms with Gasteiger partial charge in [-0.25, -0.2) is 9.59 Å². The van der Waals surface area contributed by atoms with Gasteiger partial charge in [0.05, 0.1) is 17.3 Å². The topological polar surface area (TPSA) is 117 Å². The highest BCUT2D eigenvalue weighted by atomic mass is 16.6. The fourth-order valence-corrected chi connectivity index (χ4v) is 5.55. The second-order valence-corrected chi connectivity index (χ2v) is 11.4. The molecule has 0 radical (unpaired) electrons. The van der Waals surface area contributed by atoms with Crippen LogP contribution in [-0.2, 0) is 16.9 Å². The van der Waals surface area contributed by atoms with Gasteiger partial charge in [0.1, 0.15) is 18.0 Å². The minimum absolute atomic E-state index is 0.189. The van der Waals surface area contributed by atoms with Crippen molar-refractivity contribution in [1.29, 1.82) is 0 Å². The zero-order valence-electron chi connectivity index (χ0n) is 24.6. The van der Waals surface area contributed by atoms with Crippen LogP contribution in [0.2, 0.25) is 0 Å². The summed E-state index contributed by atoms with van der Waals surface area (Å²) in [6, 6.07) is 21.1. The fourth-order valence-electron chi connectivity index (χ4n) is 5.55. The van der Waals surface area contributed by atoms with Crippen molar-refractivity contribution < 1.29 is 23.8 Å². The molecule has 1 aliphatic rings. The van der Waals surface area contributed by atoms with E-state index < -0.39 is 23.0 Å². The molecule has 2 heterocycles. The number of cyclic esters (lactones) is 1. The molecule has 3 aromatic carbocycles. The Balaban J connectivity index is 1.27. The number of fused-ring (bicyclic) bond motifs is 2. The quantitative estimate of drug-likeness (QED) is 0.186. The summed E-state index contributed by atoms with van der Waals surface area (Å²) in [6.07, 6.45) is 0.686. The number of oxazole rings is 1. The first-order valence-corrected chi connectivity index (χ1v) is 14.5. The van der Waals surface area contributed by atoms with Crippen molar-refractivity contribution in [3.05, 3.63) is 94.0 Å². The van der Waals surface area contributed by atoms with Crippen LogP contribution in [0, 0.1) is 0 Å². The van der Waals surface area contributed by atoms with Gasteiger partial charge in [-0.2, -0.15) is 0 Å². The predicted molar refractivity (Wildman–Crippen MR) is 162 cm³/mol. The number of aliphatic hydroxyl groups is 1. The number of amides is 1. The van der Waals surface area contributed by atoms with Crippen LogP contribution in [-0.4, -0.2) is 34.8 Å². The molecule has 1 atom stereocenters. The normalized spacial score (nSPS) is 15.4. The average molecular weight is 574 g/mol. The molecule has 1 unspecified atom stereocenters. The molecular formula is C33H39N3O6. The maximum absolute atomic E-state index is 13.2. The van der Waals surface area contributed by atoms with E-state index in [0.717, 1.165) is 16.8 Å². The Kier molecular flexibility index (Phi) is 8.43. The number of anilines is 1. The lowest BCUT2D eigenvalue weighted by Crippen LogP contribution is -2.49. The first-order valence-electron chi connectivity index (χ1n) is 14.5. The molecule has 3 N–H and O–H groups in total. The van der Waals surface area contributed by atoms with E-state index in [0.29, 0.717) is 54.8 Å². The van der Waals surface area contributed by atoms with Crippen molar-refractivity contribution in [3.8, 4) is 5.75 Å². The molecule has 0 fully saturated rings. The van der Waals surface area contributed by atoms with Gasteiger partial charge < -0.3 is 24.3 Å². The van der Waals surface area contributed by atoms with Crippen LogP contribution < -0.4 is 20.7 Å². The highest BCUT2D eigenvalue weighted by Crippen LogP contribution is 2.43. The largest absolute Gasteiger partial charge is 0.489 e. The Bertz CT molecular complexity index is 1590. The van der Waals surface area contributed by atoms with Gasteiger partial charge in [0.2, 0.25) is 0 Å². The number of benzene rings is 3. The van der Waals surface area contributed by atoms with Gasteiger partial charge >= 0.3 is 11.8 Å². The lowest BCUT2D eigenvalue weighted by Gasteiger charge is -2.42. The highest BCUT2D eigenvalue weighted by Gasteiger charge is 2.42. The SMILES string of the molecule is CCC1(CC)OC(=O)N(CCC(C)(C)NCC(O)c2cc(OCc3ccccc3)cc3[nH]c(=O)oc23)c2ccccc21. The Morgan fingerprint density at radius 1 is 1.05 bits per heavy atom. The fraction of sp³-hybridized carbons (Fsp3) is 0.394. The third kappa shape index (κ3) is 6.07. The van der Waals surface area contributed by atoms with Crippen LogP contribution >= 0.6 is 0 Å². The zero-order valence-corrected chi connectivity index (χ0v) is 24.6. The van der Waals surface area contributed by atoms with E-state index in [1.165, 1.54) is 0 Å². The Morgan fingerprint density at radius 2 is 1.76 bits per heavy atom. The number of aromatic nitrogens is 1. The van der Waals surface area contributed by atoms with Gasteiger partial charge in [-0.1, -0.05) is 62.4 Å². The van der Waals surface area contributed by atoms with Crippen LogP contribution in [0.3, 0.4) is 0 Å². The minimum atomic E-state index is -0.985. The van der Waals surface area contributed by atoms with Crippen LogP contribution in [0.15, 0.2) is 75.9 Å². The first-order chi connectivity index (χ1) is 20.1. The third-order valence-electron chi connectivity index (χ3n) is 8.20. The Morgan fingerprint density at radius 3 is 2.50 bits per heavy atom. The highest BCUT2D eigenvalue weighted by molar-refractivity contribution is 5.91. The average Bonchev–Trinajstić information content (AvgIpc) is 3.38. The van der Waals surface area contributed by atoms with Crippen LogP contribution in [0.1, 0.15) is 69.8 Å². The number of hydrogen-bond acceptors (Lipinski definition) is 7. The maximum atomic E-state index is 13.2. The van der Waals surface area contributed by atoms with E-state index in [-0.39, 0.29) is 12.6 Å². The summed E-state index contributed by atoms with van der Waals surface area (Å²) >= 11 is 0. The number of rotatable bonds is 12. The summed E-state index contributed by atoms with van der Waals surface area (Å²) in [5, 5.41) is 14.6. The number of para-hydroxylation sites is 1. The molecule has 4 aromatic rings. The van der Waals surface area contributed by atoms with E-state index in [2.05, 4.69) is 10.3 Å². The molecule has 5 rings (SSSR count). The second-order valence-electron chi connectivity index (χ2n) is 11.4. The lowest BCUT2D eigenvalue weighted by atomic mass is 9.85. The van der Waals surface area contributed by atoms with Crippen molar-refractivity contribution in [2.24, 2.45) is 0 Å². The number of β-amino-alcohol motifs (C(OH)–C–C–N with tert-alkyl or cyclic N) is 1. The molecule has 1 amide bonds. The van der Waals surface area contributed by atoms with Gasteiger partial charge in [0, 0.05) is 35.8 Å². The number of nitrogens with zero attached hydrogens (tertiary/aromatic N) is 1. The number of nitrogens with one attached hydrogen (secondary N) is 2. The molecule has 0 bridgehead atoms. The van der Waals surface area contributed by atoms with Gasteiger partial charge in [-0.15, -0.1) is 0 Å². The molecule has 9 heteroatoms. The molecule has 1 aromatic heterocycles. The summed E-state index contributed by atoms with van der Waals surface area (Å²) in [5.41, 5.74) is 3.05. The molecule has 1 aliphatic heterocycles. The van der Waals surface area contributed by atoms with Crippen molar-refractivity contribution >= 4 is 22.9 Å². The summed E-state index contributed by atoms with van der Waals surface area (Å²) in [6.45, 7) is 9.10. The Hall–Kier alpha value is -4.08. The van der Waals surface area contributed by atoms with E-state index in [1.54, 1.807) is 17.0 Å². The summed E-state index contributed by atoms with van der Waals surface area (Å²) in [4.78, 5) is 29.5. The molecule has 0 aliphatic carbocycles. The monoisotopic (exact) mass is 573 g/mol. The molecule has 9 nitrogen and oxygen atoms in total. The summed E-state index contributed by atoms with van der Waals surface area (Å²) in [5.74, 6) is -0.0926. The Labute approximate surface area is 245 Å². The van der Waals surface area contributed by atoms with Crippen molar-refractivity contribution in [2.75, 3.05) is 18.0 Å². The molecular weight excluding hydrogens is 534 g/mol. The van der Waals surface area contributed by atoms with Gasteiger partial charge in [-0.05, 0) is 50.8 Å². The minimum Gasteiger partial charge on any atom is -0.489 e. The van der Waals surface area contributed by atoms with Crippen LogP contribution in [0.25, 0.3) is 11.1 Å². The smallest absolute Gasteiger partial charge is 0.417 e. The number of carbonyl (C=O) groups excluding carboxylic acids is 1. The number of H-pyrrole nitrogens is 1. The number of aliphatic hydroxyl groups excluding tert-OH is 1. The van der Waals surface area contributed by atoms with E-state index in [9.17, 15) is 14.7 Å². The number of aromatic amines is 1.